The molecule has 2 aromatic carbocycles. The maximum Gasteiger partial charge on any atom is 0.290 e. The van der Waals surface area contributed by atoms with E-state index in [0.29, 0.717) is 15.8 Å². The third-order valence-corrected chi connectivity index (χ3v) is 4.72. The number of nitrogens with one attached hydrogen (secondary N) is 1. The van der Waals surface area contributed by atoms with Crippen molar-refractivity contribution in [1.29, 1.82) is 0 Å². The summed E-state index contributed by atoms with van der Waals surface area (Å²) in [4.78, 5) is 13.3. The fraction of sp³-hybridized carbons (Fsp3) is 0.130. The Hall–Kier alpha value is -3.19. The number of aryl methyl sites for hydroxylation is 1. The van der Waals surface area contributed by atoms with Crippen molar-refractivity contribution in [2.45, 2.75) is 19.9 Å². The van der Waals surface area contributed by atoms with Gasteiger partial charge in [-0.1, -0.05) is 60.3 Å². The van der Waals surface area contributed by atoms with E-state index < -0.39 is 0 Å². The average molecular weight is 429 g/mol. The summed E-state index contributed by atoms with van der Waals surface area (Å²) >= 11 is 1.17. The molecule has 3 rings (SSSR count). The maximum atomic E-state index is 14.7. The van der Waals surface area contributed by atoms with E-state index in [4.69, 9.17) is 9.90 Å². The first-order valence-electron chi connectivity index (χ1n) is 9.03. The highest BCUT2D eigenvalue weighted by Gasteiger charge is 2.12. The van der Waals surface area contributed by atoms with Crippen LogP contribution in [-0.4, -0.2) is 22.8 Å². The molecule has 1 atom stereocenters. The number of allylic oxidation sites excluding steroid dienone is 3. The van der Waals surface area contributed by atoms with Crippen LogP contribution in [0.1, 0.15) is 12.5 Å². The molecule has 0 saturated carbocycles. The second kappa shape index (κ2) is 11.1. The summed E-state index contributed by atoms with van der Waals surface area (Å²) in [5.74, 6) is -0.766. The first-order chi connectivity index (χ1) is 14.3. The van der Waals surface area contributed by atoms with Crippen LogP contribution in [0.4, 0.5) is 14.5 Å². The van der Waals surface area contributed by atoms with Gasteiger partial charge < -0.3 is 10.4 Å². The second-order valence-electron chi connectivity index (χ2n) is 6.43. The molecule has 1 aliphatic heterocycles. The molecular weight excluding hydrogens is 406 g/mol. The van der Waals surface area contributed by atoms with Crippen molar-refractivity contribution in [2.75, 3.05) is 5.32 Å². The number of halogens is 2. The van der Waals surface area contributed by atoms with E-state index in [9.17, 15) is 8.78 Å². The van der Waals surface area contributed by atoms with E-state index in [1.54, 1.807) is 12.1 Å². The van der Waals surface area contributed by atoms with Gasteiger partial charge in [0, 0.05) is 4.91 Å². The van der Waals surface area contributed by atoms with E-state index in [2.05, 4.69) is 16.9 Å². The molecule has 0 bridgehead atoms. The van der Waals surface area contributed by atoms with Crippen LogP contribution < -0.4 is 5.32 Å². The predicted octanol–water partition coefficient (Wildman–Crippen LogP) is 6.33. The van der Waals surface area contributed by atoms with Gasteiger partial charge in [0.05, 0.1) is 11.7 Å². The number of rotatable bonds is 2. The highest BCUT2D eigenvalue weighted by molar-refractivity contribution is 8.17. The molecule has 0 aliphatic carbocycles. The third-order valence-electron chi connectivity index (χ3n) is 3.94. The topological polar surface area (TPSA) is 61.7 Å². The minimum absolute atomic E-state index is 0.250. The Labute approximate surface area is 178 Å². The number of nitrogens with zero attached hydrogens (tertiary/aromatic N) is 1. The molecule has 2 aromatic rings. The standard InChI is InChI=1S/C22H20F2N2S.CH2O2/c1-14-5-4-6-17(11-14)18-8-10-21(20(24)13-18)26-22-25-15(2)7-9-19(23)12-16(3)27-22;2-1-3/h4-13,15H,3H2,1-2H3,(H,25,26);1H,(H,2,3)/b9-7-,19-12+;. The van der Waals surface area contributed by atoms with Gasteiger partial charge in [0.1, 0.15) is 11.6 Å². The predicted molar refractivity (Wildman–Crippen MR) is 121 cm³/mol. The molecule has 0 spiro atoms. The Balaban J connectivity index is 0.00000101. The van der Waals surface area contributed by atoms with Gasteiger partial charge >= 0.3 is 0 Å². The Morgan fingerprint density at radius 3 is 2.57 bits per heavy atom. The normalized spacial score (nSPS) is 18.9. The number of amidine groups is 1. The van der Waals surface area contributed by atoms with Crippen LogP contribution in [0, 0.1) is 12.7 Å². The highest BCUT2D eigenvalue weighted by atomic mass is 32.2. The number of thioether (sulfide) groups is 1. The van der Waals surface area contributed by atoms with E-state index in [0.717, 1.165) is 16.7 Å². The Kier molecular flexibility index (Phi) is 8.55. The zero-order valence-electron chi connectivity index (χ0n) is 16.6. The molecular formula is C23H22F2N2O2S. The number of hydrogen-bond donors (Lipinski definition) is 2. The summed E-state index contributed by atoms with van der Waals surface area (Å²) in [6.07, 6.45) is 4.33. The fourth-order valence-electron chi connectivity index (χ4n) is 2.63. The number of anilines is 1. The number of hydrogen-bond acceptors (Lipinski definition) is 4. The van der Waals surface area contributed by atoms with Crippen LogP contribution in [0.15, 0.2) is 83.0 Å². The van der Waals surface area contributed by atoms with Crippen molar-refractivity contribution in [3.05, 3.63) is 89.4 Å². The van der Waals surface area contributed by atoms with Crippen LogP contribution in [0.25, 0.3) is 11.1 Å². The summed E-state index contributed by atoms with van der Waals surface area (Å²) in [7, 11) is 0. The molecule has 1 heterocycles. The molecule has 0 aromatic heterocycles. The van der Waals surface area contributed by atoms with Gasteiger partial charge in [0.15, 0.2) is 5.17 Å². The largest absolute Gasteiger partial charge is 0.483 e. The van der Waals surface area contributed by atoms with Crippen LogP contribution in [-0.2, 0) is 4.79 Å². The van der Waals surface area contributed by atoms with Gasteiger partial charge in [0.25, 0.3) is 6.47 Å². The van der Waals surface area contributed by atoms with Gasteiger partial charge in [-0.2, -0.15) is 0 Å². The smallest absolute Gasteiger partial charge is 0.290 e. The zero-order chi connectivity index (χ0) is 22.1. The molecule has 156 valence electrons. The Bertz CT molecular complexity index is 1020. The van der Waals surface area contributed by atoms with Crippen molar-refractivity contribution in [1.82, 2.24) is 0 Å². The van der Waals surface area contributed by atoms with Gasteiger partial charge in [-0.15, -0.1) is 0 Å². The summed E-state index contributed by atoms with van der Waals surface area (Å²) < 4.78 is 28.3. The monoisotopic (exact) mass is 428 g/mol. The van der Waals surface area contributed by atoms with E-state index >= 15 is 0 Å². The molecule has 1 unspecified atom stereocenters. The quantitative estimate of drug-likeness (QED) is 0.549. The number of carbonyl (C=O) groups is 1. The van der Waals surface area contributed by atoms with Crippen LogP contribution in [0.2, 0.25) is 0 Å². The molecule has 0 amide bonds. The number of aliphatic imine (C=N–C) groups is 1. The van der Waals surface area contributed by atoms with E-state index in [1.807, 2.05) is 44.2 Å². The van der Waals surface area contributed by atoms with Crippen molar-refractivity contribution in [3.63, 3.8) is 0 Å². The lowest BCUT2D eigenvalue weighted by molar-refractivity contribution is -0.122. The van der Waals surface area contributed by atoms with E-state index in [1.165, 1.54) is 30.0 Å². The second-order valence-corrected chi connectivity index (χ2v) is 7.54. The van der Waals surface area contributed by atoms with Gasteiger partial charge in [-0.05, 0) is 49.3 Å². The Morgan fingerprint density at radius 1 is 1.20 bits per heavy atom. The molecule has 0 fully saturated rings. The first-order valence-corrected chi connectivity index (χ1v) is 9.85. The average Bonchev–Trinajstić information content (AvgIpc) is 2.73. The van der Waals surface area contributed by atoms with Gasteiger partial charge in [0.2, 0.25) is 0 Å². The third kappa shape index (κ3) is 7.00. The SMILES string of the molecule is C=C1/C=C(F)\C=C/C(C)N=C(Nc2ccc(-c3cccc(C)c3)cc2F)S1.O=CO. The lowest BCUT2D eigenvalue weighted by atomic mass is 10.0. The molecule has 4 nitrogen and oxygen atoms in total. The number of benzene rings is 2. The highest BCUT2D eigenvalue weighted by Crippen LogP contribution is 2.28. The maximum absolute atomic E-state index is 14.7. The number of carboxylic acid groups (broad SMARTS) is 1. The lowest BCUT2D eigenvalue weighted by Crippen LogP contribution is -2.12. The summed E-state index contributed by atoms with van der Waals surface area (Å²) in [6.45, 7) is 7.39. The molecule has 0 radical (unpaired) electrons. The van der Waals surface area contributed by atoms with Crippen LogP contribution >= 0.6 is 11.8 Å². The Morgan fingerprint density at radius 2 is 1.90 bits per heavy atom. The van der Waals surface area contributed by atoms with Gasteiger partial charge in [-0.25, -0.2) is 8.78 Å². The van der Waals surface area contributed by atoms with Crippen molar-refractivity contribution in [3.8, 4) is 11.1 Å². The summed E-state index contributed by atoms with van der Waals surface area (Å²) in [5, 5.41) is 10.4. The minimum atomic E-state index is -0.385. The van der Waals surface area contributed by atoms with Gasteiger partial charge in [-0.3, -0.25) is 9.79 Å². The first kappa shape index (κ1) is 23.1. The summed E-state index contributed by atoms with van der Waals surface area (Å²) in [5.41, 5.74) is 3.19. The molecule has 1 aliphatic rings. The summed E-state index contributed by atoms with van der Waals surface area (Å²) in [6, 6.07) is 12.7. The molecule has 7 heteroatoms. The lowest BCUT2D eigenvalue weighted by Gasteiger charge is -2.13. The van der Waals surface area contributed by atoms with E-state index in [-0.39, 0.29) is 24.2 Å². The zero-order valence-corrected chi connectivity index (χ0v) is 17.4. The van der Waals surface area contributed by atoms with Crippen molar-refractivity contribution < 1.29 is 18.7 Å². The molecule has 30 heavy (non-hydrogen) atoms. The minimum Gasteiger partial charge on any atom is -0.483 e. The van der Waals surface area contributed by atoms with Crippen LogP contribution in [0.5, 0.6) is 0 Å². The molecule has 2 N–H and O–H groups in total. The van der Waals surface area contributed by atoms with Crippen molar-refractivity contribution in [2.24, 2.45) is 4.99 Å². The van der Waals surface area contributed by atoms with Crippen LogP contribution in [0.3, 0.4) is 0 Å². The van der Waals surface area contributed by atoms with Crippen molar-refractivity contribution >= 4 is 29.1 Å². The molecule has 0 saturated heterocycles. The fourth-order valence-corrected chi connectivity index (χ4v) is 3.43.